The Hall–Kier alpha value is -2.54. The summed E-state index contributed by atoms with van der Waals surface area (Å²) in [5, 5.41) is 16.9. The number of ether oxygens (including phenoxy) is 1. The summed E-state index contributed by atoms with van der Waals surface area (Å²) in [5.41, 5.74) is 0.729. The van der Waals surface area contributed by atoms with Crippen LogP contribution in [0.15, 0.2) is 51.5 Å². The van der Waals surface area contributed by atoms with E-state index in [9.17, 15) is 9.90 Å². The van der Waals surface area contributed by atoms with Gasteiger partial charge < -0.3 is 14.3 Å². The van der Waals surface area contributed by atoms with E-state index in [0.29, 0.717) is 18.2 Å². The molecule has 1 aromatic carbocycles. The second-order valence-electron chi connectivity index (χ2n) is 4.17. The van der Waals surface area contributed by atoms with Crippen molar-refractivity contribution in [3.8, 4) is 5.75 Å². The second kappa shape index (κ2) is 7.46. The molecule has 0 saturated heterocycles. The van der Waals surface area contributed by atoms with Crippen LogP contribution in [-0.4, -0.2) is 27.9 Å². The van der Waals surface area contributed by atoms with Gasteiger partial charge in [-0.15, -0.1) is 10.2 Å². The standard InChI is InChI=1S/C15H14N2O4S/c1-3-8-20-12-6-4-11(5-7-12)9-13(14(18)19)22-15-17-16-10(2)21-15/h3-7,9H,1,8H2,2H3,(H,18,19)/b13-9-. The minimum atomic E-state index is -1.06. The van der Waals surface area contributed by atoms with Crippen LogP contribution in [0.5, 0.6) is 5.75 Å². The first-order valence-corrected chi connectivity index (χ1v) is 7.17. The van der Waals surface area contributed by atoms with E-state index in [1.54, 1.807) is 37.3 Å². The van der Waals surface area contributed by atoms with Gasteiger partial charge in [0.1, 0.15) is 17.3 Å². The quantitative estimate of drug-likeness (QED) is 0.477. The van der Waals surface area contributed by atoms with Gasteiger partial charge in [-0.05, 0) is 35.5 Å². The number of thioether (sulfide) groups is 1. The van der Waals surface area contributed by atoms with Crippen molar-refractivity contribution in [2.45, 2.75) is 12.1 Å². The third-order valence-corrected chi connectivity index (χ3v) is 3.31. The number of aromatic nitrogens is 2. The Morgan fingerprint density at radius 2 is 2.14 bits per heavy atom. The Morgan fingerprint density at radius 3 is 2.68 bits per heavy atom. The predicted molar refractivity (Wildman–Crippen MR) is 82.6 cm³/mol. The fourth-order valence-electron chi connectivity index (χ4n) is 1.52. The number of aliphatic carboxylic acids is 1. The van der Waals surface area contributed by atoms with Gasteiger partial charge in [-0.1, -0.05) is 24.8 Å². The molecule has 114 valence electrons. The van der Waals surface area contributed by atoms with E-state index in [4.69, 9.17) is 9.15 Å². The summed E-state index contributed by atoms with van der Waals surface area (Å²) in [5.74, 6) is 0.0119. The largest absolute Gasteiger partial charge is 0.490 e. The van der Waals surface area contributed by atoms with Crippen LogP contribution in [0.3, 0.4) is 0 Å². The van der Waals surface area contributed by atoms with Crippen molar-refractivity contribution in [2.75, 3.05) is 6.61 Å². The molecule has 0 radical (unpaired) electrons. The molecule has 0 atom stereocenters. The molecule has 0 amide bonds. The highest BCUT2D eigenvalue weighted by molar-refractivity contribution is 8.03. The molecule has 0 aliphatic carbocycles. The number of carboxylic acid groups (broad SMARTS) is 1. The van der Waals surface area contributed by atoms with Crippen LogP contribution in [0.25, 0.3) is 6.08 Å². The maximum atomic E-state index is 11.3. The van der Waals surface area contributed by atoms with Crippen LogP contribution in [0.1, 0.15) is 11.5 Å². The molecule has 0 unspecified atom stereocenters. The maximum Gasteiger partial charge on any atom is 0.342 e. The van der Waals surface area contributed by atoms with Crippen molar-refractivity contribution >= 4 is 23.8 Å². The van der Waals surface area contributed by atoms with Gasteiger partial charge in [-0.25, -0.2) is 4.79 Å². The van der Waals surface area contributed by atoms with E-state index < -0.39 is 5.97 Å². The molecule has 1 heterocycles. The minimum absolute atomic E-state index is 0.0865. The van der Waals surface area contributed by atoms with Gasteiger partial charge in [0.25, 0.3) is 5.22 Å². The zero-order valence-corrected chi connectivity index (χ0v) is 12.7. The van der Waals surface area contributed by atoms with E-state index in [0.717, 1.165) is 17.3 Å². The molecule has 2 rings (SSSR count). The molecule has 22 heavy (non-hydrogen) atoms. The second-order valence-corrected chi connectivity index (χ2v) is 5.16. The summed E-state index contributed by atoms with van der Waals surface area (Å²) < 4.78 is 10.5. The molecule has 1 N–H and O–H groups in total. The Balaban J connectivity index is 2.15. The van der Waals surface area contributed by atoms with Crippen molar-refractivity contribution in [2.24, 2.45) is 0 Å². The van der Waals surface area contributed by atoms with Crippen molar-refractivity contribution in [3.63, 3.8) is 0 Å². The molecule has 0 saturated carbocycles. The highest BCUT2D eigenvalue weighted by atomic mass is 32.2. The first-order chi connectivity index (χ1) is 10.6. The number of carbonyl (C=O) groups is 1. The van der Waals surface area contributed by atoms with Crippen molar-refractivity contribution in [3.05, 3.63) is 53.3 Å². The molecule has 0 spiro atoms. The molecule has 2 aromatic rings. The summed E-state index contributed by atoms with van der Waals surface area (Å²) in [6.45, 7) is 5.63. The van der Waals surface area contributed by atoms with E-state index in [1.165, 1.54) is 6.08 Å². The van der Waals surface area contributed by atoms with Crippen LogP contribution in [-0.2, 0) is 4.79 Å². The summed E-state index contributed by atoms with van der Waals surface area (Å²) in [6, 6.07) is 7.05. The fourth-order valence-corrected chi connectivity index (χ4v) is 2.23. The molecule has 7 heteroatoms. The highest BCUT2D eigenvalue weighted by Gasteiger charge is 2.14. The average molecular weight is 318 g/mol. The van der Waals surface area contributed by atoms with Gasteiger partial charge >= 0.3 is 5.97 Å². The molecule has 0 aliphatic heterocycles. The molecular weight excluding hydrogens is 304 g/mol. The van der Waals surface area contributed by atoms with Gasteiger partial charge in [0.2, 0.25) is 5.89 Å². The Labute approximate surface area is 131 Å². The molecular formula is C15H14N2O4S. The van der Waals surface area contributed by atoms with Gasteiger partial charge in [0.15, 0.2) is 0 Å². The van der Waals surface area contributed by atoms with Crippen LogP contribution in [0.4, 0.5) is 0 Å². The lowest BCUT2D eigenvalue weighted by Crippen LogP contribution is -1.97. The number of carboxylic acids is 1. The number of rotatable bonds is 7. The Kier molecular flexibility index (Phi) is 5.37. The third kappa shape index (κ3) is 4.49. The van der Waals surface area contributed by atoms with E-state index in [1.807, 2.05) is 0 Å². The molecule has 0 bridgehead atoms. The first-order valence-electron chi connectivity index (χ1n) is 6.35. The Morgan fingerprint density at radius 1 is 1.41 bits per heavy atom. The Bertz CT molecular complexity index is 692. The smallest absolute Gasteiger partial charge is 0.342 e. The van der Waals surface area contributed by atoms with Crippen LogP contribution in [0.2, 0.25) is 0 Å². The number of benzene rings is 1. The summed E-state index contributed by atoms with van der Waals surface area (Å²) in [7, 11) is 0. The fraction of sp³-hybridized carbons (Fsp3) is 0.133. The van der Waals surface area contributed by atoms with Crippen LogP contribution in [0, 0.1) is 6.92 Å². The lowest BCUT2D eigenvalue weighted by molar-refractivity contribution is -0.131. The van der Waals surface area contributed by atoms with E-state index in [-0.39, 0.29) is 10.1 Å². The molecule has 0 fully saturated rings. The SMILES string of the molecule is C=CCOc1ccc(/C=C(\Sc2nnc(C)o2)C(=O)O)cc1. The van der Waals surface area contributed by atoms with Gasteiger partial charge in [0, 0.05) is 6.92 Å². The number of hydrogen-bond donors (Lipinski definition) is 1. The first kappa shape index (κ1) is 15.8. The van der Waals surface area contributed by atoms with Crippen molar-refractivity contribution in [1.29, 1.82) is 0 Å². The maximum absolute atomic E-state index is 11.3. The van der Waals surface area contributed by atoms with Gasteiger partial charge in [-0.2, -0.15) is 0 Å². The van der Waals surface area contributed by atoms with E-state index >= 15 is 0 Å². The normalized spacial score (nSPS) is 11.2. The topological polar surface area (TPSA) is 85.5 Å². The lowest BCUT2D eigenvalue weighted by atomic mass is 10.2. The van der Waals surface area contributed by atoms with Gasteiger partial charge in [0.05, 0.1) is 0 Å². The monoisotopic (exact) mass is 318 g/mol. The van der Waals surface area contributed by atoms with Crippen LogP contribution < -0.4 is 4.74 Å². The summed E-state index contributed by atoms with van der Waals surface area (Å²) in [4.78, 5) is 11.4. The zero-order valence-electron chi connectivity index (χ0n) is 11.9. The van der Waals surface area contributed by atoms with Crippen molar-refractivity contribution in [1.82, 2.24) is 10.2 Å². The molecule has 1 aromatic heterocycles. The lowest BCUT2D eigenvalue weighted by Gasteiger charge is -2.03. The minimum Gasteiger partial charge on any atom is -0.490 e. The predicted octanol–water partition coefficient (Wildman–Crippen LogP) is 3.16. The number of nitrogens with zero attached hydrogens (tertiary/aromatic N) is 2. The molecule has 0 aliphatic rings. The van der Waals surface area contributed by atoms with Crippen LogP contribution >= 0.6 is 11.8 Å². The zero-order chi connectivity index (χ0) is 15.9. The summed E-state index contributed by atoms with van der Waals surface area (Å²) >= 11 is 0.907. The third-order valence-electron chi connectivity index (χ3n) is 2.46. The molecule has 6 nitrogen and oxygen atoms in total. The van der Waals surface area contributed by atoms with Gasteiger partial charge in [-0.3, -0.25) is 0 Å². The summed E-state index contributed by atoms with van der Waals surface area (Å²) in [6.07, 6.45) is 3.18. The number of hydrogen-bond acceptors (Lipinski definition) is 6. The number of aryl methyl sites for hydroxylation is 1. The average Bonchev–Trinajstić information content (AvgIpc) is 2.91. The van der Waals surface area contributed by atoms with Crippen molar-refractivity contribution < 1.29 is 19.1 Å². The highest BCUT2D eigenvalue weighted by Crippen LogP contribution is 2.27. The van der Waals surface area contributed by atoms with E-state index in [2.05, 4.69) is 16.8 Å².